The molecular formula is H14MgN2O8P2. The Balaban J connectivity index is -0.0000000128. The van der Waals surface area contributed by atoms with Gasteiger partial charge in [0, 0.05) is 0 Å². The number of hydrogen-bond acceptors (Lipinski definition) is 4. The van der Waals surface area contributed by atoms with Crippen LogP contribution in [0, 0.1) is 0 Å². The van der Waals surface area contributed by atoms with Gasteiger partial charge < -0.3 is 44.5 Å². The van der Waals surface area contributed by atoms with Gasteiger partial charge in [-0.3, -0.25) is 0 Å². The van der Waals surface area contributed by atoms with Crippen molar-refractivity contribution in [1.29, 1.82) is 0 Å². The molecule has 0 aromatic carbocycles. The molecule has 13 heavy (non-hydrogen) atoms. The minimum absolute atomic E-state index is 0. The summed E-state index contributed by atoms with van der Waals surface area (Å²) in [5, 5.41) is 0. The Labute approximate surface area is 92.8 Å². The first-order chi connectivity index (χ1) is 4.00. The fourth-order valence-corrected chi connectivity index (χ4v) is 0. The van der Waals surface area contributed by atoms with Crippen molar-refractivity contribution in [2.75, 3.05) is 0 Å². The first-order valence-electron chi connectivity index (χ1n) is 1.57. The maximum Gasteiger partial charge on any atom is 2.00 e. The summed E-state index contributed by atoms with van der Waals surface area (Å²) in [5.41, 5.74) is 0. The molecule has 10 nitrogen and oxygen atoms in total. The molecule has 0 saturated heterocycles. The fourth-order valence-electron chi connectivity index (χ4n) is 0. The average molecular weight is 256 g/mol. The van der Waals surface area contributed by atoms with Gasteiger partial charge in [0.05, 0.1) is 0 Å². The third kappa shape index (κ3) is 1870. The molecule has 0 saturated carbocycles. The molecule has 0 aromatic rings. The maximum absolute atomic E-state index is 8.88. The zero-order valence-corrected chi connectivity index (χ0v) is 9.72. The summed E-state index contributed by atoms with van der Waals surface area (Å²) in [7, 11) is -9.28. The molecule has 13 heteroatoms. The fraction of sp³-hybridized carbons (Fsp3) is 0. The van der Waals surface area contributed by atoms with Crippen molar-refractivity contribution in [2.45, 2.75) is 0 Å². The van der Waals surface area contributed by atoms with Crippen LogP contribution in [0.25, 0.3) is 0 Å². The first kappa shape index (κ1) is 29.2. The Kier molecular flexibility index (Phi) is 24.7. The molecule has 0 radical (unpaired) electrons. The number of phosphoric acid groups is 2. The minimum atomic E-state index is -4.64. The predicted molar refractivity (Wildman–Crippen MR) is 46.5 cm³/mol. The van der Waals surface area contributed by atoms with Crippen LogP contribution in [0.2, 0.25) is 0 Å². The summed E-state index contributed by atoms with van der Waals surface area (Å²) in [6.07, 6.45) is 0. The van der Waals surface area contributed by atoms with E-state index in [1.54, 1.807) is 0 Å². The van der Waals surface area contributed by atoms with Crippen molar-refractivity contribution in [2.24, 2.45) is 0 Å². The van der Waals surface area contributed by atoms with Gasteiger partial charge >= 0.3 is 38.7 Å². The Bertz CT molecular complexity index is 141. The smallest absolute Gasteiger partial charge is 1.00 e. The molecule has 0 unspecified atom stereocenters. The van der Waals surface area contributed by atoms with E-state index in [-0.39, 0.29) is 38.2 Å². The van der Waals surface area contributed by atoms with Gasteiger partial charge in [0.25, 0.3) is 0 Å². The van der Waals surface area contributed by atoms with Crippen molar-refractivity contribution in [3.05, 3.63) is 0 Å². The van der Waals surface area contributed by atoms with Crippen LogP contribution in [0.3, 0.4) is 0 Å². The van der Waals surface area contributed by atoms with Crippen LogP contribution in [0.4, 0.5) is 0 Å². The van der Waals surface area contributed by atoms with Crippen LogP contribution in [-0.4, -0.2) is 52.4 Å². The molecule has 0 rings (SSSR count). The molecular weight excluding hydrogens is 242 g/mol. The monoisotopic (exact) mass is 256 g/mol. The normalized spacial score (nSPS) is 9.08. The van der Waals surface area contributed by atoms with E-state index in [1.165, 1.54) is 0 Å². The van der Waals surface area contributed by atoms with E-state index < -0.39 is 15.6 Å². The topological polar surface area (TPSA) is 226 Å². The number of hydrogen-bond donors (Lipinski definition) is 8. The van der Waals surface area contributed by atoms with E-state index in [0.717, 1.165) is 0 Å². The summed E-state index contributed by atoms with van der Waals surface area (Å²) < 4.78 is 17.8. The van der Waals surface area contributed by atoms with Gasteiger partial charge in [0.15, 0.2) is 0 Å². The van der Waals surface area contributed by atoms with E-state index in [1.807, 2.05) is 0 Å². The molecule has 0 bridgehead atoms. The largest absolute Gasteiger partial charge is 2.00 e. The summed E-state index contributed by atoms with van der Waals surface area (Å²) in [6.45, 7) is 0. The standard InChI is InChI=1S/Mg.2H3N.2H3O4P.2H/c;;;2*1-5(2,3)4;;/h;2*1H3;2*(H3,1,2,3,4);;/q+2;;;;;2*-1. The van der Waals surface area contributed by atoms with Crippen molar-refractivity contribution in [1.82, 2.24) is 12.3 Å². The molecule has 0 aromatic heterocycles. The average Bonchev–Trinajstić information content (AvgIpc) is 1.12. The summed E-state index contributed by atoms with van der Waals surface area (Å²) in [5.74, 6) is 0. The molecule has 0 aliphatic rings. The van der Waals surface area contributed by atoms with Crippen LogP contribution in [0.15, 0.2) is 0 Å². The van der Waals surface area contributed by atoms with E-state index >= 15 is 0 Å². The van der Waals surface area contributed by atoms with Crippen LogP contribution in [-0.2, 0) is 9.13 Å². The quantitative estimate of drug-likeness (QED) is 0.181. The zero-order valence-electron chi connectivity index (χ0n) is 8.52. The predicted octanol–water partition coefficient (Wildman–Crippen LogP) is -1.69. The van der Waals surface area contributed by atoms with Crippen molar-refractivity contribution >= 4 is 38.7 Å². The zero-order chi connectivity index (χ0) is 9.00. The summed E-state index contributed by atoms with van der Waals surface area (Å²) in [4.78, 5) is 43.1. The number of rotatable bonds is 0. The molecule has 0 aliphatic carbocycles. The van der Waals surface area contributed by atoms with Crippen molar-refractivity contribution in [3.8, 4) is 0 Å². The van der Waals surface area contributed by atoms with Gasteiger partial charge in [0.2, 0.25) is 0 Å². The van der Waals surface area contributed by atoms with Gasteiger partial charge in [-0.15, -0.1) is 0 Å². The summed E-state index contributed by atoms with van der Waals surface area (Å²) >= 11 is 0. The van der Waals surface area contributed by atoms with E-state index in [9.17, 15) is 0 Å². The van der Waals surface area contributed by atoms with Crippen molar-refractivity contribution in [3.63, 3.8) is 0 Å². The second-order valence-corrected chi connectivity index (χ2v) is 3.08. The molecule has 0 spiro atoms. The van der Waals surface area contributed by atoms with E-state index in [2.05, 4.69) is 0 Å². The van der Waals surface area contributed by atoms with Crippen LogP contribution >= 0.6 is 15.6 Å². The van der Waals surface area contributed by atoms with Gasteiger partial charge in [0.1, 0.15) is 0 Å². The van der Waals surface area contributed by atoms with Gasteiger partial charge in [-0.05, 0) is 0 Å². The SMILES string of the molecule is N.N.O=P(O)(O)O.O=P(O)(O)O.[H-].[H-].[Mg+2]. The Hall–Kier alpha value is 0.906. The van der Waals surface area contributed by atoms with E-state index in [0.29, 0.717) is 0 Å². The first-order valence-corrected chi connectivity index (χ1v) is 4.70. The van der Waals surface area contributed by atoms with Gasteiger partial charge in [-0.2, -0.15) is 0 Å². The Morgan fingerprint density at radius 3 is 0.692 bits per heavy atom. The minimum Gasteiger partial charge on any atom is -1.00 e. The molecule has 0 aliphatic heterocycles. The van der Waals surface area contributed by atoms with Gasteiger partial charge in [-0.1, -0.05) is 0 Å². The van der Waals surface area contributed by atoms with Gasteiger partial charge in [-0.25, -0.2) is 9.13 Å². The van der Waals surface area contributed by atoms with Crippen molar-refractivity contribution < 1.29 is 41.3 Å². The maximum atomic E-state index is 8.88. The molecule has 0 fully saturated rings. The summed E-state index contributed by atoms with van der Waals surface area (Å²) in [6, 6.07) is 0. The van der Waals surface area contributed by atoms with Crippen LogP contribution in [0.5, 0.6) is 0 Å². The molecule has 0 atom stereocenters. The molecule has 12 N–H and O–H groups in total. The second-order valence-electron chi connectivity index (χ2n) is 1.03. The van der Waals surface area contributed by atoms with E-state index in [4.69, 9.17) is 38.5 Å². The third-order valence-corrected chi connectivity index (χ3v) is 0. The second kappa shape index (κ2) is 11.0. The molecule has 0 heterocycles. The molecule has 0 amide bonds. The van der Waals surface area contributed by atoms with Crippen LogP contribution < -0.4 is 12.3 Å². The van der Waals surface area contributed by atoms with Crippen LogP contribution in [0.1, 0.15) is 2.85 Å². The Morgan fingerprint density at radius 2 is 0.692 bits per heavy atom. The molecule has 84 valence electrons. The Morgan fingerprint density at radius 1 is 0.692 bits per heavy atom. The third-order valence-electron chi connectivity index (χ3n) is 0.